The number of methoxy groups -OCH3 is 2. The topological polar surface area (TPSA) is 93.1 Å². The van der Waals surface area contributed by atoms with Gasteiger partial charge in [-0.15, -0.1) is 0 Å². The molecule has 0 saturated heterocycles. The van der Waals surface area contributed by atoms with Gasteiger partial charge in [0.25, 0.3) is 10.0 Å². The van der Waals surface area contributed by atoms with Gasteiger partial charge >= 0.3 is 6.09 Å². The lowest BCUT2D eigenvalue weighted by atomic mass is 10.3. The fourth-order valence-corrected chi connectivity index (χ4v) is 2.26. The molecule has 19 heavy (non-hydrogen) atoms. The van der Waals surface area contributed by atoms with Gasteiger partial charge in [0.1, 0.15) is 0 Å². The van der Waals surface area contributed by atoms with Crippen LogP contribution in [0.25, 0.3) is 0 Å². The molecule has 1 aromatic carbocycles. The molecule has 1 amide bonds. The maximum atomic E-state index is 11.9. The molecule has 7 nitrogen and oxygen atoms in total. The zero-order valence-electron chi connectivity index (χ0n) is 10.1. The molecule has 0 fully saturated rings. The first-order valence-electron chi connectivity index (χ1n) is 4.78. The second-order valence-corrected chi connectivity index (χ2v) is 5.24. The Hall–Kier alpha value is -1.96. The first kappa shape index (κ1) is 17.0. The molecule has 108 valence electrons. The Morgan fingerprint density at radius 3 is 2.16 bits per heavy atom. The van der Waals surface area contributed by atoms with Crippen LogP contribution in [-0.4, -0.2) is 45.2 Å². The molecule has 0 radical (unpaired) electrons. The van der Waals surface area contributed by atoms with Crippen molar-refractivity contribution in [3.8, 4) is 11.5 Å². The van der Waals surface area contributed by atoms with Crippen molar-refractivity contribution in [2.24, 2.45) is 0 Å². The first-order valence-corrected chi connectivity index (χ1v) is 6.22. The van der Waals surface area contributed by atoms with Gasteiger partial charge in [-0.1, -0.05) is 7.43 Å². The third-order valence-electron chi connectivity index (χ3n) is 2.28. The Balaban J connectivity index is 0.00000324. The Labute approximate surface area is 112 Å². The Bertz CT molecular complexity index is 554. The molecule has 0 atom stereocenters. The molecule has 1 N–H and O–H groups in total. The molecule has 0 bridgehead atoms. The quantitative estimate of drug-likeness (QED) is 0.906. The highest BCUT2D eigenvalue weighted by atomic mass is 32.2. The number of benzene rings is 1. The van der Waals surface area contributed by atoms with Gasteiger partial charge in [-0.05, 0) is 12.1 Å². The van der Waals surface area contributed by atoms with Crippen molar-refractivity contribution in [1.82, 2.24) is 4.31 Å². The minimum atomic E-state index is -4.10. The fourth-order valence-electron chi connectivity index (χ4n) is 1.24. The summed E-state index contributed by atoms with van der Waals surface area (Å²) in [7, 11) is -0.376. The summed E-state index contributed by atoms with van der Waals surface area (Å²) >= 11 is 0. The van der Waals surface area contributed by atoms with E-state index in [0.717, 1.165) is 7.05 Å². The second kappa shape index (κ2) is 6.28. The number of rotatable bonds is 4. The molecule has 0 spiro atoms. The fraction of sp³-hybridized carbons (Fsp3) is 0.364. The van der Waals surface area contributed by atoms with E-state index in [1.54, 1.807) is 0 Å². The summed E-state index contributed by atoms with van der Waals surface area (Å²) in [4.78, 5) is 10.5. The van der Waals surface area contributed by atoms with E-state index in [2.05, 4.69) is 0 Å². The van der Waals surface area contributed by atoms with E-state index in [-0.39, 0.29) is 22.4 Å². The van der Waals surface area contributed by atoms with Gasteiger partial charge in [0.15, 0.2) is 11.5 Å². The van der Waals surface area contributed by atoms with Crippen LogP contribution in [0.4, 0.5) is 4.79 Å². The van der Waals surface area contributed by atoms with Crippen molar-refractivity contribution < 1.29 is 27.8 Å². The van der Waals surface area contributed by atoms with Crippen LogP contribution in [-0.2, 0) is 10.0 Å². The van der Waals surface area contributed by atoms with Gasteiger partial charge in [-0.3, -0.25) is 0 Å². The summed E-state index contributed by atoms with van der Waals surface area (Å²) in [6, 6.07) is 3.84. The lowest BCUT2D eigenvalue weighted by Crippen LogP contribution is -2.31. The van der Waals surface area contributed by atoms with Crippen molar-refractivity contribution in [1.29, 1.82) is 0 Å². The third-order valence-corrected chi connectivity index (χ3v) is 4.01. The molecule has 8 heteroatoms. The van der Waals surface area contributed by atoms with Crippen LogP contribution in [0, 0.1) is 0 Å². The minimum absolute atomic E-state index is 0. The lowest BCUT2D eigenvalue weighted by molar-refractivity contribution is 0.178. The number of nitrogens with zero attached hydrogens (tertiary/aromatic N) is 1. The molecule has 0 aliphatic carbocycles. The highest BCUT2D eigenvalue weighted by Gasteiger charge is 2.26. The Morgan fingerprint density at radius 1 is 1.21 bits per heavy atom. The molecular weight excluding hydrogens is 274 g/mol. The Morgan fingerprint density at radius 2 is 1.74 bits per heavy atom. The van der Waals surface area contributed by atoms with Gasteiger partial charge in [-0.25, -0.2) is 17.5 Å². The van der Waals surface area contributed by atoms with E-state index in [9.17, 15) is 13.2 Å². The van der Waals surface area contributed by atoms with E-state index >= 15 is 0 Å². The van der Waals surface area contributed by atoms with E-state index < -0.39 is 16.1 Å². The number of sulfonamides is 1. The summed E-state index contributed by atoms with van der Waals surface area (Å²) in [5, 5.41) is 8.70. The zero-order valence-corrected chi connectivity index (χ0v) is 10.9. The molecule has 1 rings (SSSR count). The van der Waals surface area contributed by atoms with Crippen LogP contribution in [0.15, 0.2) is 23.1 Å². The van der Waals surface area contributed by atoms with Crippen LogP contribution in [0.2, 0.25) is 0 Å². The summed E-state index contributed by atoms with van der Waals surface area (Å²) < 4.78 is 33.9. The second-order valence-electron chi connectivity index (χ2n) is 3.27. The molecule has 1 aromatic rings. The van der Waals surface area contributed by atoms with Crippen LogP contribution in [0.1, 0.15) is 7.43 Å². The molecular formula is C11H17NO6S. The molecule has 0 aliphatic heterocycles. The number of carbonyl (C=O) groups is 1. The molecule has 0 unspecified atom stereocenters. The summed E-state index contributed by atoms with van der Waals surface area (Å²) in [6.07, 6.45) is -1.57. The van der Waals surface area contributed by atoms with Crippen molar-refractivity contribution in [2.75, 3.05) is 21.3 Å². The van der Waals surface area contributed by atoms with E-state index in [0.29, 0.717) is 5.75 Å². The smallest absolute Gasteiger partial charge is 0.421 e. The molecule has 0 aliphatic rings. The number of ether oxygens (including phenoxy) is 2. The predicted octanol–water partition coefficient (Wildman–Crippen LogP) is 1.64. The molecule has 0 heterocycles. The van der Waals surface area contributed by atoms with Crippen molar-refractivity contribution in [3.63, 3.8) is 0 Å². The molecule has 0 saturated carbocycles. The van der Waals surface area contributed by atoms with E-state index in [4.69, 9.17) is 14.6 Å². The average molecular weight is 291 g/mol. The molecule has 0 aromatic heterocycles. The van der Waals surface area contributed by atoms with Crippen molar-refractivity contribution in [3.05, 3.63) is 18.2 Å². The van der Waals surface area contributed by atoms with Crippen LogP contribution in [0.3, 0.4) is 0 Å². The monoisotopic (exact) mass is 291 g/mol. The highest BCUT2D eigenvalue weighted by molar-refractivity contribution is 7.89. The third kappa shape index (κ3) is 3.28. The Kier molecular flexibility index (Phi) is 5.63. The van der Waals surface area contributed by atoms with Gasteiger partial charge in [-0.2, -0.15) is 0 Å². The van der Waals surface area contributed by atoms with E-state index in [1.165, 1.54) is 32.4 Å². The van der Waals surface area contributed by atoms with Crippen LogP contribution >= 0.6 is 0 Å². The van der Waals surface area contributed by atoms with Crippen LogP contribution in [0.5, 0.6) is 11.5 Å². The summed E-state index contributed by atoms with van der Waals surface area (Å²) in [5.74, 6) is 0.562. The van der Waals surface area contributed by atoms with E-state index in [1.807, 2.05) is 0 Å². The van der Waals surface area contributed by atoms with Gasteiger partial charge in [0.2, 0.25) is 0 Å². The van der Waals surface area contributed by atoms with Gasteiger partial charge in [0.05, 0.1) is 19.1 Å². The summed E-state index contributed by atoms with van der Waals surface area (Å²) in [6.45, 7) is 0. The van der Waals surface area contributed by atoms with Crippen LogP contribution < -0.4 is 9.47 Å². The number of amides is 1. The van der Waals surface area contributed by atoms with Gasteiger partial charge in [0, 0.05) is 13.1 Å². The SMILES string of the molecule is C.COc1ccc(S(=O)(=O)N(C)C(=O)O)cc1OC. The average Bonchev–Trinajstić information content (AvgIpc) is 2.36. The zero-order chi connectivity index (χ0) is 13.9. The van der Waals surface area contributed by atoms with Gasteiger partial charge < -0.3 is 14.6 Å². The lowest BCUT2D eigenvalue weighted by Gasteiger charge is -2.15. The normalized spacial score (nSPS) is 10.3. The van der Waals surface area contributed by atoms with Crippen molar-refractivity contribution in [2.45, 2.75) is 12.3 Å². The largest absolute Gasteiger partial charge is 0.493 e. The number of carboxylic acid groups (broad SMARTS) is 1. The maximum Gasteiger partial charge on any atom is 0.421 e. The maximum absolute atomic E-state index is 11.9. The predicted molar refractivity (Wildman–Crippen MR) is 69.3 cm³/mol. The highest BCUT2D eigenvalue weighted by Crippen LogP contribution is 2.30. The minimum Gasteiger partial charge on any atom is -0.493 e. The van der Waals surface area contributed by atoms with Crippen molar-refractivity contribution >= 4 is 16.1 Å². The number of hydrogen-bond acceptors (Lipinski definition) is 5. The summed E-state index contributed by atoms with van der Waals surface area (Å²) in [5.41, 5.74) is 0. The number of hydrogen-bond donors (Lipinski definition) is 1. The standard InChI is InChI=1S/C10H13NO6S.CH4/c1-11(10(12)13)18(14,15)7-4-5-8(16-2)9(6-7)17-3;/h4-6H,1-3H3,(H,12,13);1H4. The first-order chi connectivity index (χ1) is 8.34.